The molecule has 4 heteroatoms. The molecule has 0 unspecified atom stereocenters. The number of hydrogen-bond donors (Lipinski definition) is 0. The highest BCUT2D eigenvalue weighted by atomic mass is 35.5. The van der Waals surface area contributed by atoms with Crippen LogP contribution < -0.4 is 0 Å². The summed E-state index contributed by atoms with van der Waals surface area (Å²) in [6.07, 6.45) is 0. The minimum absolute atomic E-state index is 0.242. The predicted octanol–water partition coefficient (Wildman–Crippen LogP) is 3.41. The molecule has 2 nitrogen and oxygen atoms in total. The van der Waals surface area contributed by atoms with Crippen LogP contribution in [0.5, 0.6) is 0 Å². The molecule has 2 aromatic rings. The summed E-state index contributed by atoms with van der Waals surface area (Å²) in [6.45, 7) is 0. The fraction of sp³-hybridized carbons (Fsp3) is 0. The molecule has 1 aromatic carbocycles. The quantitative estimate of drug-likeness (QED) is 0.707. The fourth-order valence-electron chi connectivity index (χ4n) is 1.36. The summed E-state index contributed by atoms with van der Waals surface area (Å²) in [6, 6.07) is 11.1. The lowest BCUT2D eigenvalue weighted by atomic mass is 10.1. The molecule has 0 fully saturated rings. The van der Waals surface area contributed by atoms with Gasteiger partial charge in [0.1, 0.15) is 22.7 Å². The van der Waals surface area contributed by atoms with E-state index in [0.717, 1.165) is 11.1 Å². The van der Waals surface area contributed by atoms with Crippen LogP contribution in [0.3, 0.4) is 0 Å². The molecule has 0 saturated heterocycles. The Morgan fingerprint density at radius 2 is 1.81 bits per heavy atom. The van der Waals surface area contributed by atoms with Crippen molar-refractivity contribution < 1.29 is 4.39 Å². The average molecular weight is 233 g/mol. The van der Waals surface area contributed by atoms with Gasteiger partial charge in [0.15, 0.2) is 0 Å². The third kappa shape index (κ3) is 2.18. The molecule has 2 rings (SSSR count). The highest BCUT2D eigenvalue weighted by Gasteiger charge is 2.03. The topological polar surface area (TPSA) is 36.7 Å². The van der Waals surface area contributed by atoms with Crippen molar-refractivity contribution in [3.8, 4) is 17.2 Å². The monoisotopic (exact) mass is 232 g/mol. The second-order valence-electron chi connectivity index (χ2n) is 3.18. The standard InChI is InChI=1S/C12H6ClFN2/c13-12-6-9(5-11(7-15)16-12)8-1-3-10(14)4-2-8/h1-6H. The van der Waals surface area contributed by atoms with E-state index in [1.807, 2.05) is 6.07 Å². The summed E-state index contributed by atoms with van der Waals surface area (Å²) < 4.78 is 12.7. The van der Waals surface area contributed by atoms with Gasteiger partial charge in [-0.1, -0.05) is 23.7 Å². The van der Waals surface area contributed by atoms with E-state index < -0.39 is 0 Å². The molecule has 0 N–H and O–H groups in total. The zero-order chi connectivity index (χ0) is 11.5. The number of nitrogens with zero attached hydrogens (tertiary/aromatic N) is 2. The fourth-order valence-corrected chi connectivity index (χ4v) is 1.57. The van der Waals surface area contributed by atoms with E-state index in [1.165, 1.54) is 12.1 Å². The van der Waals surface area contributed by atoms with Gasteiger partial charge in [0, 0.05) is 0 Å². The summed E-state index contributed by atoms with van der Waals surface area (Å²) in [7, 11) is 0. The molecule has 0 atom stereocenters. The molecule has 0 amide bonds. The summed E-state index contributed by atoms with van der Waals surface area (Å²) >= 11 is 5.77. The lowest BCUT2D eigenvalue weighted by Gasteiger charge is -2.02. The molecule has 0 aliphatic rings. The Morgan fingerprint density at radius 1 is 1.12 bits per heavy atom. The lowest BCUT2D eigenvalue weighted by Crippen LogP contribution is -1.86. The molecule has 0 bridgehead atoms. The van der Waals surface area contributed by atoms with Crippen LogP contribution in [0.15, 0.2) is 36.4 Å². The van der Waals surface area contributed by atoms with Gasteiger partial charge in [-0.25, -0.2) is 9.37 Å². The zero-order valence-corrected chi connectivity index (χ0v) is 8.87. The first-order valence-corrected chi connectivity index (χ1v) is 4.90. The summed E-state index contributed by atoms with van der Waals surface area (Å²) in [4.78, 5) is 3.83. The largest absolute Gasteiger partial charge is 0.225 e. The minimum Gasteiger partial charge on any atom is -0.225 e. The van der Waals surface area contributed by atoms with Crippen molar-refractivity contribution in [1.82, 2.24) is 4.98 Å². The van der Waals surface area contributed by atoms with Crippen molar-refractivity contribution in [1.29, 1.82) is 5.26 Å². The van der Waals surface area contributed by atoms with Crippen molar-refractivity contribution in [2.24, 2.45) is 0 Å². The highest BCUT2D eigenvalue weighted by Crippen LogP contribution is 2.22. The van der Waals surface area contributed by atoms with Gasteiger partial charge >= 0.3 is 0 Å². The van der Waals surface area contributed by atoms with E-state index in [1.54, 1.807) is 24.3 Å². The van der Waals surface area contributed by atoms with E-state index in [0.29, 0.717) is 0 Å². The first-order valence-electron chi connectivity index (χ1n) is 4.52. The Labute approximate surface area is 96.9 Å². The molecule has 1 heterocycles. The van der Waals surface area contributed by atoms with Gasteiger partial charge in [-0.3, -0.25) is 0 Å². The van der Waals surface area contributed by atoms with Crippen LogP contribution in [-0.4, -0.2) is 4.98 Å². The summed E-state index contributed by atoms with van der Waals surface area (Å²) in [5.74, 6) is -0.301. The zero-order valence-electron chi connectivity index (χ0n) is 8.11. The van der Waals surface area contributed by atoms with Crippen molar-refractivity contribution in [2.75, 3.05) is 0 Å². The van der Waals surface area contributed by atoms with E-state index in [-0.39, 0.29) is 16.7 Å². The summed E-state index contributed by atoms with van der Waals surface area (Å²) in [5.41, 5.74) is 1.78. The van der Waals surface area contributed by atoms with Crippen LogP contribution >= 0.6 is 11.6 Å². The SMILES string of the molecule is N#Cc1cc(-c2ccc(F)cc2)cc(Cl)n1. The van der Waals surface area contributed by atoms with Crippen LogP contribution in [0.1, 0.15) is 5.69 Å². The van der Waals surface area contributed by atoms with Gasteiger partial charge in [0.2, 0.25) is 0 Å². The second kappa shape index (κ2) is 4.30. The maximum atomic E-state index is 12.7. The number of nitriles is 1. The molecular weight excluding hydrogens is 227 g/mol. The lowest BCUT2D eigenvalue weighted by molar-refractivity contribution is 0.628. The van der Waals surface area contributed by atoms with Crippen molar-refractivity contribution in [2.45, 2.75) is 0 Å². The van der Waals surface area contributed by atoms with E-state index in [2.05, 4.69) is 4.98 Å². The minimum atomic E-state index is -0.301. The maximum Gasteiger partial charge on any atom is 0.142 e. The number of halogens is 2. The smallest absolute Gasteiger partial charge is 0.142 e. The number of aromatic nitrogens is 1. The number of rotatable bonds is 1. The second-order valence-corrected chi connectivity index (χ2v) is 3.57. The van der Waals surface area contributed by atoms with Gasteiger partial charge in [0.25, 0.3) is 0 Å². The first-order chi connectivity index (χ1) is 7.69. The third-order valence-corrected chi connectivity index (χ3v) is 2.28. The first kappa shape index (κ1) is 10.6. The molecule has 0 aliphatic heterocycles. The average Bonchev–Trinajstić information content (AvgIpc) is 2.29. The summed E-state index contributed by atoms with van der Waals surface area (Å²) in [5, 5.41) is 8.99. The van der Waals surface area contributed by atoms with E-state index in [4.69, 9.17) is 16.9 Å². The predicted molar refractivity (Wildman–Crippen MR) is 59.4 cm³/mol. The van der Waals surface area contributed by atoms with Gasteiger partial charge in [-0.15, -0.1) is 0 Å². The van der Waals surface area contributed by atoms with Gasteiger partial charge < -0.3 is 0 Å². The van der Waals surface area contributed by atoms with E-state index in [9.17, 15) is 4.39 Å². The molecule has 0 radical (unpaired) electrons. The Morgan fingerprint density at radius 3 is 2.44 bits per heavy atom. The molecule has 0 aliphatic carbocycles. The van der Waals surface area contributed by atoms with Crippen LogP contribution in [0.2, 0.25) is 5.15 Å². The van der Waals surface area contributed by atoms with Crippen LogP contribution in [0, 0.1) is 17.1 Å². The molecule has 0 saturated carbocycles. The maximum absolute atomic E-state index is 12.7. The molecule has 78 valence electrons. The molecule has 16 heavy (non-hydrogen) atoms. The Bertz CT molecular complexity index is 558. The molecular formula is C12H6ClFN2. The van der Waals surface area contributed by atoms with E-state index >= 15 is 0 Å². The molecule has 0 spiro atoms. The van der Waals surface area contributed by atoms with Crippen molar-refractivity contribution in [3.63, 3.8) is 0 Å². The van der Waals surface area contributed by atoms with Crippen LogP contribution in [0.25, 0.3) is 11.1 Å². The Balaban J connectivity index is 2.52. The number of pyridine rings is 1. The van der Waals surface area contributed by atoms with Gasteiger partial charge in [0.05, 0.1) is 0 Å². The third-order valence-electron chi connectivity index (χ3n) is 2.09. The van der Waals surface area contributed by atoms with Gasteiger partial charge in [-0.2, -0.15) is 5.26 Å². The van der Waals surface area contributed by atoms with Crippen molar-refractivity contribution in [3.05, 3.63) is 53.1 Å². The van der Waals surface area contributed by atoms with Crippen molar-refractivity contribution >= 4 is 11.6 Å². The normalized spacial score (nSPS) is 9.81. The molecule has 1 aromatic heterocycles. The Hall–Kier alpha value is -1.92. The van der Waals surface area contributed by atoms with Gasteiger partial charge in [-0.05, 0) is 35.4 Å². The Kier molecular flexibility index (Phi) is 2.84. The number of benzene rings is 1. The highest BCUT2D eigenvalue weighted by molar-refractivity contribution is 6.29. The number of hydrogen-bond acceptors (Lipinski definition) is 2. The van der Waals surface area contributed by atoms with Crippen LogP contribution in [-0.2, 0) is 0 Å². The van der Waals surface area contributed by atoms with Crippen LogP contribution in [0.4, 0.5) is 4.39 Å².